The Balaban J connectivity index is 2.65. The lowest BCUT2D eigenvalue weighted by Gasteiger charge is -1.99. The van der Waals surface area contributed by atoms with E-state index in [4.69, 9.17) is 0 Å². The number of carbonyl (C=O) groups is 2. The first-order valence-electron chi connectivity index (χ1n) is 4.81. The van der Waals surface area contributed by atoms with Crippen LogP contribution in [0.25, 0.3) is 0 Å². The van der Waals surface area contributed by atoms with E-state index < -0.39 is 0 Å². The summed E-state index contributed by atoms with van der Waals surface area (Å²) < 4.78 is 0. The first kappa shape index (κ1) is 12.0. The number of carbonyl (C=O) groups excluding carboxylic acids is 2. The van der Waals surface area contributed by atoms with Gasteiger partial charge in [0.05, 0.1) is 24.0 Å². The summed E-state index contributed by atoms with van der Waals surface area (Å²) in [5.41, 5.74) is 1.21. The van der Waals surface area contributed by atoms with Crippen molar-refractivity contribution in [1.82, 2.24) is 10.3 Å². The third-order valence-electron chi connectivity index (χ3n) is 1.84. The summed E-state index contributed by atoms with van der Waals surface area (Å²) in [6.07, 6.45) is 2.74. The van der Waals surface area contributed by atoms with E-state index in [9.17, 15) is 9.59 Å². The molecule has 1 aromatic rings. The van der Waals surface area contributed by atoms with Crippen LogP contribution in [0, 0.1) is 0 Å². The zero-order chi connectivity index (χ0) is 12.0. The topological polar surface area (TPSA) is 71.4 Å². The molecule has 0 bridgehead atoms. The molecule has 0 spiro atoms. The van der Waals surface area contributed by atoms with E-state index >= 15 is 0 Å². The van der Waals surface area contributed by atoms with E-state index in [1.54, 1.807) is 19.2 Å². The molecule has 0 fully saturated rings. The molecule has 0 saturated heterocycles. The number of ketones is 1. The number of hydrogen-bond donors (Lipinski definition) is 1. The normalized spacial score (nSPS) is 10.4. The van der Waals surface area contributed by atoms with E-state index in [0.717, 1.165) is 0 Å². The van der Waals surface area contributed by atoms with Gasteiger partial charge in [0.15, 0.2) is 5.78 Å². The molecular formula is C11H13N3O2. The number of rotatable bonds is 4. The highest BCUT2D eigenvalue weighted by Gasteiger charge is 2.02. The van der Waals surface area contributed by atoms with Gasteiger partial charge in [-0.15, -0.1) is 0 Å². The van der Waals surface area contributed by atoms with Crippen LogP contribution in [-0.2, 0) is 11.3 Å². The third-order valence-corrected chi connectivity index (χ3v) is 1.84. The number of aromatic nitrogens is 1. The van der Waals surface area contributed by atoms with Gasteiger partial charge in [0.1, 0.15) is 0 Å². The fraction of sp³-hybridized carbons (Fsp3) is 0.273. The smallest absolute Gasteiger partial charge is 0.252 e. The molecule has 84 valence electrons. The Morgan fingerprint density at radius 3 is 2.75 bits per heavy atom. The Labute approximate surface area is 93.6 Å². The van der Waals surface area contributed by atoms with Crippen molar-refractivity contribution in [2.45, 2.75) is 13.5 Å². The van der Waals surface area contributed by atoms with Crippen molar-refractivity contribution < 1.29 is 9.59 Å². The van der Waals surface area contributed by atoms with Gasteiger partial charge in [0, 0.05) is 20.2 Å². The second-order valence-corrected chi connectivity index (χ2v) is 3.20. The number of nitrogens with one attached hydrogen (secondary N) is 1. The molecule has 5 nitrogen and oxygen atoms in total. The molecule has 0 saturated carbocycles. The first-order valence-corrected chi connectivity index (χ1v) is 4.81. The predicted molar refractivity (Wildman–Crippen MR) is 60.5 cm³/mol. The van der Waals surface area contributed by atoms with Crippen LogP contribution in [0.3, 0.4) is 0 Å². The van der Waals surface area contributed by atoms with Crippen LogP contribution in [0.5, 0.6) is 0 Å². The molecule has 1 heterocycles. The Hall–Kier alpha value is -2.04. The maximum absolute atomic E-state index is 11.2. The number of amides is 1. The molecule has 0 unspecified atom stereocenters. The molecule has 1 aromatic heterocycles. The van der Waals surface area contributed by atoms with E-state index in [1.165, 1.54) is 19.3 Å². The Bertz CT molecular complexity index is 410. The fourth-order valence-corrected chi connectivity index (χ4v) is 1.06. The van der Waals surface area contributed by atoms with E-state index in [0.29, 0.717) is 17.8 Å². The number of nitrogens with zero attached hydrogens (tertiary/aromatic N) is 2. The summed E-state index contributed by atoms with van der Waals surface area (Å²) in [7, 11) is 1.56. The van der Waals surface area contributed by atoms with Gasteiger partial charge in [0.25, 0.3) is 5.91 Å². The second-order valence-electron chi connectivity index (χ2n) is 3.20. The van der Waals surface area contributed by atoms with Crippen LogP contribution in [0.1, 0.15) is 23.0 Å². The van der Waals surface area contributed by atoms with Gasteiger partial charge in [-0.25, -0.2) is 0 Å². The summed E-state index contributed by atoms with van der Waals surface area (Å²) in [5, 5.41) is 2.51. The van der Waals surface area contributed by atoms with Crippen LogP contribution in [-0.4, -0.2) is 29.9 Å². The summed E-state index contributed by atoms with van der Waals surface area (Å²) >= 11 is 0. The number of hydrogen-bond acceptors (Lipinski definition) is 4. The van der Waals surface area contributed by atoms with Crippen molar-refractivity contribution in [3.05, 3.63) is 29.6 Å². The van der Waals surface area contributed by atoms with Crippen molar-refractivity contribution in [1.29, 1.82) is 0 Å². The lowest BCUT2D eigenvalue weighted by Crippen LogP contribution is -2.17. The second kappa shape index (κ2) is 5.75. The highest BCUT2D eigenvalue weighted by molar-refractivity contribution is 6.26. The molecule has 0 aromatic carbocycles. The summed E-state index contributed by atoms with van der Waals surface area (Å²) in [6, 6.07) is 3.38. The summed E-state index contributed by atoms with van der Waals surface area (Å²) in [6.45, 7) is 1.78. The minimum Gasteiger partial charge on any atom is -0.355 e. The molecule has 0 aliphatic rings. The van der Waals surface area contributed by atoms with Gasteiger partial charge in [-0.2, -0.15) is 0 Å². The molecule has 0 atom stereocenters. The average Bonchev–Trinajstić information content (AvgIpc) is 2.28. The van der Waals surface area contributed by atoms with Crippen LogP contribution in [0.4, 0.5) is 0 Å². The minimum atomic E-state index is -0.175. The molecule has 0 aliphatic carbocycles. The molecule has 1 N–H and O–H groups in total. The van der Waals surface area contributed by atoms with Crippen molar-refractivity contribution >= 4 is 17.9 Å². The largest absolute Gasteiger partial charge is 0.355 e. The lowest BCUT2D eigenvalue weighted by molar-refractivity contribution is -0.110. The lowest BCUT2D eigenvalue weighted by atomic mass is 10.2. The van der Waals surface area contributed by atoms with Gasteiger partial charge in [-0.1, -0.05) is 0 Å². The molecular weight excluding hydrogens is 206 g/mol. The van der Waals surface area contributed by atoms with Gasteiger partial charge in [-0.3, -0.25) is 19.6 Å². The quantitative estimate of drug-likeness (QED) is 0.754. The SMILES string of the molecule is CNC(=O)c1ccc(CN=CC(C)=O)nc1. The van der Waals surface area contributed by atoms with Gasteiger partial charge < -0.3 is 5.32 Å². The Morgan fingerprint density at radius 2 is 2.25 bits per heavy atom. The van der Waals surface area contributed by atoms with Crippen molar-refractivity contribution in [3.63, 3.8) is 0 Å². The number of aliphatic imine (C=N–C) groups is 1. The first-order chi connectivity index (χ1) is 7.63. The molecule has 1 amide bonds. The van der Waals surface area contributed by atoms with E-state index in [1.807, 2.05) is 0 Å². The van der Waals surface area contributed by atoms with Gasteiger partial charge >= 0.3 is 0 Å². The van der Waals surface area contributed by atoms with E-state index in [2.05, 4.69) is 15.3 Å². The molecule has 0 aliphatic heterocycles. The van der Waals surface area contributed by atoms with Crippen LogP contribution >= 0.6 is 0 Å². The van der Waals surface area contributed by atoms with E-state index in [-0.39, 0.29) is 11.7 Å². The molecule has 16 heavy (non-hydrogen) atoms. The Kier molecular flexibility index (Phi) is 4.32. The maximum atomic E-state index is 11.2. The Morgan fingerprint density at radius 1 is 1.50 bits per heavy atom. The standard InChI is InChI=1S/C11H13N3O2/c1-8(15)5-13-7-10-4-3-9(6-14-10)11(16)12-2/h3-6H,7H2,1-2H3,(H,12,16). The average molecular weight is 219 g/mol. The number of Topliss-reactive ketones (excluding diaryl/α,β-unsaturated/α-hetero) is 1. The molecule has 5 heteroatoms. The number of pyridine rings is 1. The zero-order valence-corrected chi connectivity index (χ0v) is 9.23. The van der Waals surface area contributed by atoms with Gasteiger partial charge in [-0.05, 0) is 12.1 Å². The molecule has 1 rings (SSSR count). The summed E-state index contributed by atoms with van der Waals surface area (Å²) in [5.74, 6) is -0.270. The third kappa shape index (κ3) is 3.61. The summed E-state index contributed by atoms with van der Waals surface area (Å²) in [4.78, 5) is 29.8. The van der Waals surface area contributed by atoms with Crippen LogP contribution < -0.4 is 5.32 Å². The predicted octanol–water partition coefficient (Wildman–Crippen LogP) is 0.601. The monoisotopic (exact) mass is 219 g/mol. The zero-order valence-electron chi connectivity index (χ0n) is 9.23. The van der Waals surface area contributed by atoms with Gasteiger partial charge in [0.2, 0.25) is 0 Å². The van der Waals surface area contributed by atoms with Crippen LogP contribution in [0.15, 0.2) is 23.3 Å². The highest BCUT2D eigenvalue weighted by Crippen LogP contribution is 2.01. The van der Waals surface area contributed by atoms with Crippen LogP contribution in [0.2, 0.25) is 0 Å². The minimum absolute atomic E-state index is 0.0954. The van der Waals surface area contributed by atoms with Crippen molar-refractivity contribution in [2.24, 2.45) is 4.99 Å². The molecule has 0 radical (unpaired) electrons. The highest BCUT2D eigenvalue weighted by atomic mass is 16.1. The maximum Gasteiger partial charge on any atom is 0.252 e. The fourth-order valence-electron chi connectivity index (χ4n) is 1.06. The van der Waals surface area contributed by atoms with Crippen molar-refractivity contribution in [2.75, 3.05) is 7.05 Å². The van der Waals surface area contributed by atoms with Crippen molar-refractivity contribution in [3.8, 4) is 0 Å².